The first kappa shape index (κ1) is 13.1. The van der Waals surface area contributed by atoms with Crippen LogP contribution >= 0.6 is 23.1 Å². The van der Waals surface area contributed by atoms with Crippen LogP contribution in [0.1, 0.15) is 11.8 Å². The highest BCUT2D eigenvalue weighted by atomic mass is 32.2. The molecule has 0 aliphatic carbocycles. The van der Waals surface area contributed by atoms with Gasteiger partial charge in [-0.25, -0.2) is 0 Å². The van der Waals surface area contributed by atoms with Gasteiger partial charge in [-0.3, -0.25) is 4.79 Å². The summed E-state index contributed by atoms with van der Waals surface area (Å²) in [5.41, 5.74) is 5.24. The SMILES string of the molecule is C[C@@H](Sc1nncn1CCc1cccs1)C(N)=O. The Morgan fingerprint density at radius 1 is 1.67 bits per heavy atom. The molecular weight excluding hydrogens is 268 g/mol. The van der Waals surface area contributed by atoms with E-state index in [1.54, 1.807) is 24.6 Å². The maximum atomic E-state index is 11.0. The number of hydrogen-bond acceptors (Lipinski definition) is 5. The molecule has 0 unspecified atom stereocenters. The third-order valence-electron chi connectivity index (χ3n) is 2.44. The van der Waals surface area contributed by atoms with E-state index in [-0.39, 0.29) is 11.2 Å². The Morgan fingerprint density at radius 2 is 2.50 bits per heavy atom. The molecule has 2 rings (SSSR count). The lowest BCUT2D eigenvalue weighted by atomic mass is 10.3. The van der Waals surface area contributed by atoms with Crippen LogP contribution in [0.4, 0.5) is 0 Å². The number of thioether (sulfide) groups is 1. The van der Waals surface area contributed by atoms with E-state index in [4.69, 9.17) is 5.73 Å². The highest BCUT2D eigenvalue weighted by molar-refractivity contribution is 8.00. The molecule has 18 heavy (non-hydrogen) atoms. The maximum Gasteiger partial charge on any atom is 0.230 e. The molecule has 2 N–H and O–H groups in total. The first-order chi connectivity index (χ1) is 8.66. The van der Waals surface area contributed by atoms with Crippen molar-refractivity contribution < 1.29 is 4.79 Å². The average molecular weight is 282 g/mol. The largest absolute Gasteiger partial charge is 0.369 e. The van der Waals surface area contributed by atoms with Crippen LogP contribution in [0.3, 0.4) is 0 Å². The second kappa shape index (κ2) is 6.01. The van der Waals surface area contributed by atoms with Crippen molar-refractivity contribution in [1.29, 1.82) is 0 Å². The Morgan fingerprint density at radius 3 is 3.17 bits per heavy atom. The highest BCUT2D eigenvalue weighted by Gasteiger charge is 2.14. The van der Waals surface area contributed by atoms with Gasteiger partial charge in [-0.2, -0.15) is 0 Å². The lowest BCUT2D eigenvalue weighted by Crippen LogP contribution is -2.23. The molecule has 0 saturated carbocycles. The zero-order chi connectivity index (χ0) is 13.0. The fourth-order valence-electron chi connectivity index (χ4n) is 1.39. The minimum atomic E-state index is -0.340. The van der Waals surface area contributed by atoms with E-state index >= 15 is 0 Å². The molecule has 0 fully saturated rings. The van der Waals surface area contributed by atoms with Crippen molar-refractivity contribution in [2.24, 2.45) is 5.73 Å². The van der Waals surface area contributed by atoms with Crippen LogP contribution in [0.2, 0.25) is 0 Å². The van der Waals surface area contributed by atoms with E-state index in [0.29, 0.717) is 0 Å². The van der Waals surface area contributed by atoms with E-state index < -0.39 is 0 Å². The summed E-state index contributed by atoms with van der Waals surface area (Å²) in [6.07, 6.45) is 2.62. The molecule has 0 aliphatic heterocycles. The van der Waals surface area contributed by atoms with E-state index in [1.807, 2.05) is 10.6 Å². The van der Waals surface area contributed by atoms with Crippen LogP contribution in [0.25, 0.3) is 0 Å². The molecule has 2 heterocycles. The van der Waals surface area contributed by atoms with Crippen molar-refractivity contribution in [2.45, 2.75) is 30.3 Å². The fourth-order valence-corrected chi connectivity index (χ4v) is 2.89. The summed E-state index contributed by atoms with van der Waals surface area (Å²) in [6, 6.07) is 4.14. The second-order valence-corrected chi connectivity index (χ2v) is 6.14. The van der Waals surface area contributed by atoms with Crippen LogP contribution in [0, 0.1) is 0 Å². The van der Waals surface area contributed by atoms with Gasteiger partial charge in [0.25, 0.3) is 0 Å². The van der Waals surface area contributed by atoms with Crippen LogP contribution in [0.15, 0.2) is 29.0 Å². The van der Waals surface area contributed by atoms with E-state index in [9.17, 15) is 4.79 Å². The smallest absolute Gasteiger partial charge is 0.230 e. The number of hydrogen-bond donors (Lipinski definition) is 1. The molecule has 2 aromatic heterocycles. The Hall–Kier alpha value is -1.34. The Labute approximate surface area is 113 Å². The summed E-state index contributed by atoms with van der Waals surface area (Å²) >= 11 is 3.07. The van der Waals surface area contributed by atoms with Crippen molar-refractivity contribution in [3.63, 3.8) is 0 Å². The molecule has 1 atom stereocenters. The quantitative estimate of drug-likeness (QED) is 0.816. The van der Waals surface area contributed by atoms with Crippen molar-refractivity contribution in [3.8, 4) is 0 Å². The average Bonchev–Trinajstić information content (AvgIpc) is 2.97. The normalized spacial score (nSPS) is 12.5. The first-order valence-corrected chi connectivity index (χ1v) is 7.29. The summed E-state index contributed by atoms with van der Waals surface area (Å²) < 4.78 is 1.95. The number of nitrogens with zero attached hydrogens (tertiary/aromatic N) is 3. The van der Waals surface area contributed by atoms with Gasteiger partial charge in [-0.1, -0.05) is 17.8 Å². The van der Waals surface area contributed by atoms with Gasteiger partial charge >= 0.3 is 0 Å². The molecular formula is C11H14N4OS2. The third kappa shape index (κ3) is 3.33. The van der Waals surface area contributed by atoms with Crippen LogP contribution < -0.4 is 5.73 Å². The Balaban J connectivity index is 1.97. The lowest BCUT2D eigenvalue weighted by Gasteiger charge is -2.08. The van der Waals surface area contributed by atoms with Crippen LogP contribution in [0.5, 0.6) is 0 Å². The van der Waals surface area contributed by atoms with Gasteiger partial charge in [-0.15, -0.1) is 21.5 Å². The first-order valence-electron chi connectivity index (χ1n) is 5.53. The summed E-state index contributed by atoms with van der Waals surface area (Å²) in [5, 5.41) is 10.4. The number of thiophene rings is 1. The third-order valence-corrected chi connectivity index (χ3v) is 4.49. The number of aryl methyl sites for hydroxylation is 2. The molecule has 0 aromatic carbocycles. The number of rotatable bonds is 6. The zero-order valence-corrected chi connectivity index (χ0v) is 11.6. The highest BCUT2D eigenvalue weighted by Crippen LogP contribution is 2.21. The maximum absolute atomic E-state index is 11.0. The summed E-state index contributed by atoms with van der Waals surface area (Å²) in [4.78, 5) is 12.3. The number of carbonyl (C=O) groups excluding carboxylic acids is 1. The predicted octanol–water partition coefficient (Wildman–Crippen LogP) is 1.55. The standard InChI is InChI=1S/C11H14N4OS2/c1-8(10(12)16)18-11-14-13-7-15(11)5-4-9-3-2-6-17-9/h2-3,6-8H,4-5H2,1H3,(H2,12,16)/t8-/m1/s1. The molecule has 0 spiro atoms. The molecule has 7 heteroatoms. The molecule has 5 nitrogen and oxygen atoms in total. The molecule has 0 bridgehead atoms. The Bertz CT molecular complexity index is 509. The molecule has 1 amide bonds. The number of amides is 1. The van der Waals surface area contributed by atoms with Gasteiger partial charge in [0.05, 0.1) is 5.25 Å². The number of carbonyl (C=O) groups is 1. The lowest BCUT2D eigenvalue weighted by molar-refractivity contribution is -0.117. The minimum Gasteiger partial charge on any atom is -0.369 e. The molecule has 96 valence electrons. The van der Waals surface area contributed by atoms with Crippen molar-refractivity contribution in [3.05, 3.63) is 28.7 Å². The molecule has 0 aliphatic rings. The van der Waals surface area contributed by atoms with E-state index in [1.165, 1.54) is 16.6 Å². The van der Waals surface area contributed by atoms with Gasteiger partial charge in [0, 0.05) is 11.4 Å². The van der Waals surface area contributed by atoms with Crippen LogP contribution in [-0.2, 0) is 17.8 Å². The molecule has 0 radical (unpaired) electrons. The summed E-state index contributed by atoms with van der Waals surface area (Å²) in [6.45, 7) is 2.58. The molecule has 2 aromatic rings. The monoisotopic (exact) mass is 282 g/mol. The van der Waals surface area contributed by atoms with E-state index in [2.05, 4.69) is 21.6 Å². The topological polar surface area (TPSA) is 73.8 Å². The van der Waals surface area contributed by atoms with Gasteiger partial charge < -0.3 is 10.3 Å². The summed E-state index contributed by atoms with van der Waals surface area (Å²) in [7, 11) is 0. The summed E-state index contributed by atoms with van der Waals surface area (Å²) in [5.74, 6) is -0.340. The Kier molecular flexibility index (Phi) is 4.38. The van der Waals surface area contributed by atoms with Crippen molar-refractivity contribution in [1.82, 2.24) is 14.8 Å². The number of aromatic nitrogens is 3. The van der Waals surface area contributed by atoms with Gasteiger partial charge in [0.1, 0.15) is 6.33 Å². The number of nitrogens with two attached hydrogens (primary N) is 1. The second-order valence-electron chi connectivity index (χ2n) is 3.80. The van der Waals surface area contributed by atoms with Crippen LogP contribution in [-0.4, -0.2) is 25.9 Å². The van der Waals surface area contributed by atoms with Crippen molar-refractivity contribution >= 4 is 29.0 Å². The number of primary amides is 1. The molecule has 0 saturated heterocycles. The fraction of sp³-hybridized carbons (Fsp3) is 0.364. The minimum absolute atomic E-state index is 0.297. The zero-order valence-electron chi connectivity index (χ0n) is 9.94. The van der Waals surface area contributed by atoms with Gasteiger partial charge in [0.15, 0.2) is 5.16 Å². The predicted molar refractivity (Wildman–Crippen MR) is 72.6 cm³/mol. The van der Waals surface area contributed by atoms with Crippen molar-refractivity contribution in [2.75, 3.05) is 0 Å². The van der Waals surface area contributed by atoms with Gasteiger partial charge in [0.2, 0.25) is 5.91 Å². The van der Waals surface area contributed by atoms with Gasteiger partial charge in [-0.05, 0) is 24.8 Å². The van der Waals surface area contributed by atoms with E-state index in [0.717, 1.165) is 18.1 Å².